The summed E-state index contributed by atoms with van der Waals surface area (Å²) in [6.07, 6.45) is -1.10. The zero-order valence-electron chi connectivity index (χ0n) is 12.0. The molecule has 24 heavy (non-hydrogen) atoms. The van der Waals surface area contributed by atoms with Crippen molar-refractivity contribution in [3.63, 3.8) is 0 Å². The van der Waals surface area contributed by atoms with E-state index >= 15 is 0 Å². The molecule has 0 saturated carbocycles. The average molecular weight is 355 g/mol. The van der Waals surface area contributed by atoms with Crippen LogP contribution in [0.1, 0.15) is 12.0 Å². The molecule has 2 aromatic rings. The Labute approximate surface area is 139 Å². The Hall–Kier alpha value is -2.54. The van der Waals surface area contributed by atoms with Crippen LogP contribution >= 0.6 is 11.6 Å². The second-order valence-electron chi connectivity index (χ2n) is 5.05. The minimum Gasteiger partial charge on any atom is -0.382 e. The number of oxime groups is 1. The second kappa shape index (κ2) is 6.52. The number of hydrogen-bond donors (Lipinski definition) is 1. The van der Waals surface area contributed by atoms with Gasteiger partial charge in [-0.1, -0.05) is 22.8 Å². The molecule has 4 nitrogen and oxygen atoms in total. The molecule has 1 unspecified atom stereocenters. The number of nitrogens with one attached hydrogen (secondary N) is 1. The molecule has 1 aliphatic rings. The molecule has 1 heterocycles. The van der Waals surface area contributed by atoms with Crippen LogP contribution in [0.3, 0.4) is 0 Å². The maximum absolute atomic E-state index is 13.9. The summed E-state index contributed by atoms with van der Waals surface area (Å²) in [7, 11) is 0. The summed E-state index contributed by atoms with van der Waals surface area (Å²) < 4.78 is 40.3. The molecule has 0 bridgehead atoms. The molecule has 0 fully saturated rings. The number of benzene rings is 2. The van der Waals surface area contributed by atoms with Crippen molar-refractivity contribution < 1.29 is 22.8 Å². The highest BCUT2D eigenvalue weighted by atomic mass is 35.5. The van der Waals surface area contributed by atoms with E-state index in [0.717, 1.165) is 12.1 Å². The van der Waals surface area contributed by atoms with Gasteiger partial charge >= 0.3 is 0 Å². The number of hydrogen-bond acceptors (Lipinski definition) is 3. The van der Waals surface area contributed by atoms with E-state index in [1.807, 2.05) is 0 Å². The van der Waals surface area contributed by atoms with Gasteiger partial charge in [-0.2, -0.15) is 0 Å². The van der Waals surface area contributed by atoms with Crippen LogP contribution in [0, 0.1) is 17.5 Å². The van der Waals surface area contributed by atoms with Crippen LogP contribution in [0.4, 0.5) is 18.9 Å². The van der Waals surface area contributed by atoms with Crippen LogP contribution in [0.5, 0.6) is 0 Å². The lowest BCUT2D eigenvalue weighted by atomic mass is 10.0. The fourth-order valence-electron chi connectivity index (χ4n) is 2.24. The van der Waals surface area contributed by atoms with Gasteiger partial charge < -0.3 is 10.2 Å². The zero-order valence-corrected chi connectivity index (χ0v) is 12.8. The maximum atomic E-state index is 13.9. The van der Waals surface area contributed by atoms with E-state index in [-0.39, 0.29) is 28.4 Å². The number of rotatable bonds is 3. The zero-order chi connectivity index (χ0) is 17.3. The van der Waals surface area contributed by atoms with E-state index in [4.69, 9.17) is 16.4 Å². The van der Waals surface area contributed by atoms with E-state index in [2.05, 4.69) is 10.5 Å². The number of nitrogens with zero attached hydrogens (tertiary/aromatic N) is 1. The Bertz CT molecular complexity index is 822. The highest BCUT2D eigenvalue weighted by Crippen LogP contribution is 2.26. The molecule has 1 aliphatic heterocycles. The highest BCUT2D eigenvalue weighted by molar-refractivity contribution is 6.34. The van der Waals surface area contributed by atoms with Crippen molar-refractivity contribution in [2.75, 3.05) is 5.32 Å². The van der Waals surface area contributed by atoms with Gasteiger partial charge in [-0.3, -0.25) is 4.79 Å². The molecule has 0 spiro atoms. The van der Waals surface area contributed by atoms with Crippen LogP contribution in [0.2, 0.25) is 5.02 Å². The first-order valence-electron chi connectivity index (χ1n) is 6.88. The maximum Gasteiger partial charge on any atom is 0.268 e. The summed E-state index contributed by atoms with van der Waals surface area (Å²) in [5.74, 6) is -2.95. The van der Waals surface area contributed by atoms with Crippen LogP contribution in [0.25, 0.3) is 0 Å². The van der Waals surface area contributed by atoms with Crippen LogP contribution < -0.4 is 5.32 Å². The molecule has 1 atom stereocenters. The average Bonchev–Trinajstić information content (AvgIpc) is 2.99. The smallest absolute Gasteiger partial charge is 0.268 e. The first-order chi connectivity index (χ1) is 11.5. The summed E-state index contributed by atoms with van der Waals surface area (Å²) in [6, 6.07) is 6.89. The molecular weight excluding hydrogens is 345 g/mol. The van der Waals surface area contributed by atoms with Gasteiger partial charge in [-0.25, -0.2) is 13.2 Å². The molecule has 8 heteroatoms. The fraction of sp³-hybridized carbons (Fsp3) is 0.125. The van der Waals surface area contributed by atoms with Crippen LogP contribution in [-0.2, 0) is 9.63 Å². The highest BCUT2D eigenvalue weighted by Gasteiger charge is 2.31. The van der Waals surface area contributed by atoms with E-state index in [0.29, 0.717) is 6.07 Å². The molecule has 1 N–H and O–H groups in total. The summed E-state index contributed by atoms with van der Waals surface area (Å²) in [5.41, 5.74) is 0.0441. The van der Waals surface area contributed by atoms with Gasteiger partial charge in [0.25, 0.3) is 5.91 Å². The number of carbonyl (C=O) groups excluding carboxylic acids is 1. The molecule has 0 aliphatic carbocycles. The SMILES string of the molecule is O=C(Nc1ccc(F)cc1F)C1CC(c2c(F)cccc2Cl)=NO1. The normalized spacial score (nSPS) is 16.5. The Balaban J connectivity index is 1.71. The Morgan fingerprint density at radius 1 is 1.21 bits per heavy atom. The molecule has 0 radical (unpaired) electrons. The minimum absolute atomic E-state index is 0.0324. The summed E-state index contributed by atoms with van der Waals surface area (Å²) >= 11 is 5.94. The van der Waals surface area contributed by atoms with E-state index < -0.39 is 29.5 Å². The standard InChI is InChI=1S/C16H10ClF3N2O2/c17-9-2-1-3-10(19)15(9)13-7-14(24-22-13)16(23)21-12-5-4-8(18)6-11(12)20/h1-6,14H,7H2,(H,21,23). The quantitative estimate of drug-likeness (QED) is 0.909. The third kappa shape index (κ3) is 3.21. The first kappa shape index (κ1) is 16.3. The fourth-order valence-corrected chi connectivity index (χ4v) is 2.52. The Morgan fingerprint density at radius 2 is 2.00 bits per heavy atom. The number of carbonyl (C=O) groups is 1. The van der Waals surface area contributed by atoms with Crippen molar-refractivity contribution >= 4 is 28.9 Å². The number of anilines is 1. The van der Waals surface area contributed by atoms with Crippen molar-refractivity contribution in [1.82, 2.24) is 0 Å². The summed E-state index contributed by atoms with van der Waals surface area (Å²) in [4.78, 5) is 17.1. The van der Waals surface area contributed by atoms with Gasteiger partial charge in [-0.15, -0.1) is 0 Å². The number of halogens is 4. The van der Waals surface area contributed by atoms with E-state index in [1.54, 1.807) is 0 Å². The molecule has 0 saturated heterocycles. The number of amides is 1. The minimum atomic E-state index is -1.07. The van der Waals surface area contributed by atoms with Crippen molar-refractivity contribution in [2.24, 2.45) is 5.16 Å². The topological polar surface area (TPSA) is 50.7 Å². The summed E-state index contributed by atoms with van der Waals surface area (Å²) in [5, 5.41) is 6.10. The predicted octanol–water partition coefficient (Wildman–Crippen LogP) is 3.89. The largest absolute Gasteiger partial charge is 0.382 e. The van der Waals surface area contributed by atoms with E-state index in [9.17, 15) is 18.0 Å². The first-order valence-corrected chi connectivity index (χ1v) is 7.26. The van der Waals surface area contributed by atoms with Crippen molar-refractivity contribution in [3.8, 4) is 0 Å². The van der Waals surface area contributed by atoms with Crippen LogP contribution in [-0.4, -0.2) is 17.7 Å². The molecule has 3 rings (SSSR count). The monoisotopic (exact) mass is 354 g/mol. The van der Waals surface area contributed by atoms with Gasteiger partial charge in [0.05, 0.1) is 22.0 Å². The van der Waals surface area contributed by atoms with Crippen molar-refractivity contribution in [3.05, 3.63) is 64.4 Å². The second-order valence-corrected chi connectivity index (χ2v) is 5.45. The predicted molar refractivity (Wildman–Crippen MR) is 82.4 cm³/mol. The third-order valence-corrected chi connectivity index (χ3v) is 3.72. The Kier molecular flexibility index (Phi) is 4.44. The van der Waals surface area contributed by atoms with Crippen LogP contribution in [0.15, 0.2) is 41.6 Å². The van der Waals surface area contributed by atoms with Crippen molar-refractivity contribution in [1.29, 1.82) is 0 Å². The molecule has 2 aromatic carbocycles. The Morgan fingerprint density at radius 3 is 2.71 bits per heavy atom. The lowest BCUT2D eigenvalue weighted by Crippen LogP contribution is -2.28. The molecule has 0 aromatic heterocycles. The molecular formula is C16H10ClF3N2O2. The third-order valence-electron chi connectivity index (χ3n) is 3.40. The van der Waals surface area contributed by atoms with Gasteiger partial charge in [0.2, 0.25) is 6.10 Å². The molecule has 124 valence electrons. The lowest BCUT2D eigenvalue weighted by molar-refractivity contribution is -0.125. The summed E-state index contributed by atoms with van der Waals surface area (Å²) in [6.45, 7) is 0. The van der Waals surface area contributed by atoms with Crippen molar-refractivity contribution in [2.45, 2.75) is 12.5 Å². The van der Waals surface area contributed by atoms with Gasteiger partial charge in [0.1, 0.15) is 17.5 Å². The van der Waals surface area contributed by atoms with E-state index in [1.165, 1.54) is 18.2 Å². The molecule has 1 amide bonds. The van der Waals surface area contributed by atoms with Gasteiger partial charge in [-0.05, 0) is 24.3 Å². The lowest BCUT2D eigenvalue weighted by Gasteiger charge is -2.10. The van der Waals surface area contributed by atoms with Gasteiger partial charge in [0.15, 0.2) is 0 Å². The van der Waals surface area contributed by atoms with Gasteiger partial charge in [0, 0.05) is 12.5 Å².